The minimum absolute atomic E-state index is 0.0593. The van der Waals surface area contributed by atoms with E-state index in [9.17, 15) is 4.39 Å². The molecular weight excluding hydrogens is 282 g/mol. The van der Waals surface area contributed by atoms with Crippen LogP contribution in [0.3, 0.4) is 0 Å². The van der Waals surface area contributed by atoms with Crippen LogP contribution in [-0.4, -0.2) is 12.7 Å². The molecule has 0 radical (unpaired) electrons. The van der Waals surface area contributed by atoms with E-state index in [4.69, 9.17) is 16.3 Å². The van der Waals surface area contributed by atoms with Gasteiger partial charge in [-0.15, -0.1) is 11.6 Å². The van der Waals surface area contributed by atoms with Crippen LogP contribution in [0.5, 0.6) is 0 Å². The van der Waals surface area contributed by atoms with E-state index < -0.39 is 0 Å². The lowest BCUT2D eigenvalue weighted by Gasteiger charge is -2.17. The molecule has 2 unspecified atom stereocenters. The number of benzene rings is 1. The lowest BCUT2D eigenvalue weighted by Crippen LogP contribution is -2.12. The Balaban J connectivity index is 2.17. The maximum atomic E-state index is 13.0. The number of hydrogen-bond acceptors (Lipinski definition) is 1. The molecule has 1 nitrogen and oxygen atoms in total. The molecule has 1 aromatic carbocycles. The van der Waals surface area contributed by atoms with Gasteiger partial charge in [0.1, 0.15) is 5.82 Å². The van der Waals surface area contributed by atoms with Crippen molar-refractivity contribution in [3.63, 3.8) is 0 Å². The summed E-state index contributed by atoms with van der Waals surface area (Å²) in [5.74, 6) is -0.269. The number of rotatable bonds is 2. The lowest BCUT2D eigenvalue weighted by molar-refractivity contribution is 0.107. The van der Waals surface area contributed by atoms with Crippen LogP contribution in [0.1, 0.15) is 23.8 Å². The predicted molar refractivity (Wildman–Crippen MR) is 61.7 cm³/mol. The SMILES string of the molecule is Fc1ccc(C(Cl)C2CCCO2)cc1Br. The molecule has 0 bridgehead atoms. The van der Waals surface area contributed by atoms with Crippen LogP contribution < -0.4 is 0 Å². The summed E-state index contributed by atoms with van der Waals surface area (Å²) in [5, 5.41) is -0.190. The van der Waals surface area contributed by atoms with Crippen LogP contribution in [0.15, 0.2) is 22.7 Å². The highest BCUT2D eigenvalue weighted by molar-refractivity contribution is 9.10. The second-order valence-electron chi connectivity index (χ2n) is 3.63. The summed E-state index contributed by atoms with van der Waals surface area (Å²) in [4.78, 5) is 0. The van der Waals surface area contributed by atoms with Crippen molar-refractivity contribution in [3.05, 3.63) is 34.1 Å². The van der Waals surface area contributed by atoms with Gasteiger partial charge in [0.15, 0.2) is 0 Å². The Bertz CT molecular complexity index is 352. The third-order valence-electron chi connectivity index (χ3n) is 2.55. The lowest BCUT2D eigenvalue weighted by atomic mass is 10.1. The van der Waals surface area contributed by atoms with Crippen molar-refractivity contribution in [3.8, 4) is 0 Å². The molecule has 4 heteroatoms. The second kappa shape index (κ2) is 4.81. The molecule has 2 rings (SSSR count). The zero-order chi connectivity index (χ0) is 10.8. The fourth-order valence-electron chi connectivity index (χ4n) is 1.73. The van der Waals surface area contributed by atoms with Crippen LogP contribution in [0.4, 0.5) is 4.39 Å². The number of halogens is 3. The Morgan fingerprint density at radius 1 is 1.53 bits per heavy atom. The first-order valence-electron chi connectivity index (χ1n) is 4.89. The van der Waals surface area contributed by atoms with Gasteiger partial charge in [-0.3, -0.25) is 0 Å². The van der Waals surface area contributed by atoms with Crippen molar-refractivity contribution in [1.82, 2.24) is 0 Å². The van der Waals surface area contributed by atoms with Crippen molar-refractivity contribution in [1.29, 1.82) is 0 Å². The zero-order valence-corrected chi connectivity index (χ0v) is 10.4. The molecule has 0 spiro atoms. The smallest absolute Gasteiger partial charge is 0.137 e. The van der Waals surface area contributed by atoms with Gasteiger partial charge in [-0.05, 0) is 46.5 Å². The molecule has 0 N–H and O–H groups in total. The third-order valence-corrected chi connectivity index (χ3v) is 3.69. The van der Waals surface area contributed by atoms with E-state index >= 15 is 0 Å². The molecule has 1 saturated heterocycles. The molecule has 2 atom stereocenters. The van der Waals surface area contributed by atoms with E-state index in [0.717, 1.165) is 25.0 Å². The average molecular weight is 294 g/mol. The summed E-state index contributed by atoms with van der Waals surface area (Å²) >= 11 is 9.42. The minimum Gasteiger partial charge on any atom is -0.376 e. The van der Waals surface area contributed by atoms with Gasteiger partial charge in [0, 0.05) is 6.61 Å². The van der Waals surface area contributed by atoms with Crippen molar-refractivity contribution < 1.29 is 9.13 Å². The van der Waals surface area contributed by atoms with Gasteiger partial charge in [0.2, 0.25) is 0 Å². The molecule has 1 heterocycles. The normalized spacial score (nSPS) is 23.0. The maximum absolute atomic E-state index is 13.0. The molecule has 0 saturated carbocycles. The molecular formula is C11H11BrClFO. The summed E-state index contributed by atoms with van der Waals surface area (Å²) in [6.07, 6.45) is 2.09. The van der Waals surface area contributed by atoms with Crippen LogP contribution in [-0.2, 0) is 4.74 Å². The number of hydrogen-bond donors (Lipinski definition) is 0. The molecule has 1 aliphatic heterocycles. The van der Waals surface area contributed by atoms with Gasteiger partial charge in [0.25, 0.3) is 0 Å². The van der Waals surface area contributed by atoms with Gasteiger partial charge >= 0.3 is 0 Å². The fraction of sp³-hybridized carbons (Fsp3) is 0.455. The molecule has 0 amide bonds. The first-order valence-corrected chi connectivity index (χ1v) is 6.12. The topological polar surface area (TPSA) is 9.23 Å². The molecule has 1 aliphatic rings. The van der Waals surface area contributed by atoms with E-state index in [2.05, 4.69) is 15.9 Å². The summed E-state index contributed by atoms with van der Waals surface area (Å²) in [6.45, 7) is 0.774. The van der Waals surface area contributed by atoms with Crippen LogP contribution >= 0.6 is 27.5 Å². The van der Waals surface area contributed by atoms with E-state index in [1.807, 2.05) is 0 Å². The minimum atomic E-state index is -0.269. The Kier molecular flexibility index (Phi) is 3.65. The molecule has 0 aliphatic carbocycles. The molecule has 1 aromatic rings. The van der Waals surface area contributed by atoms with Gasteiger partial charge in [-0.25, -0.2) is 4.39 Å². The summed E-state index contributed by atoms with van der Waals surface area (Å²) < 4.78 is 19.0. The highest BCUT2D eigenvalue weighted by Gasteiger charge is 2.25. The number of ether oxygens (including phenoxy) is 1. The molecule has 15 heavy (non-hydrogen) atoms. The summed E-state index contributed by atoms with van der Waals surface area (Å²) in [7, 11) is 0. The standard InChI is InChI=1S/C11H11BrClFO/c12-8-6-7(3-4-9(8)14)11(13)10-2-1-5-15-10/h3-4,6,10-11H,1-2,5H2. The first-order chi connectivity index (χ1) is 7.18. The first kappa shape index (κ1) is 11.4. The number of alkyl halides is 1. The van der Waals surface area contributed by atoms with Gasteiger partial charge < -0.3 is 4.74 Å². The monoisotopic (exact) mass is 292 g/mol. The van der Waals surface area contributed by atoms with Crippen LogP contribution in [0.2, 0.25) is 0 Å². The molecule has 0 aromatic heterocycles. The maximum Gasteiger partial charge on any atom is 0.137 e. The molecule has 82 valence electrons. The van der Waals surface area contributed by atoms with Gasteiger partial charge in [-0.1, -0.05) is 6.07 Å². The summed E-state index contributed by atoms with van der Waals surface area (Å²) in [6, 6.07) is 4.85. The van der Waals surface area contributed by atoms with Crippen LogP contribution in [0.25, 0.3) is 0 Å². The Hall–Kier alpha value is -0.120. The highest BCUT2D eigenvalue weighted by Crippen LogP contribution is 2.33. The Labute approximate surface area is 102 Å². The zero-order valence-electron chi connectivity index (χ0n) is 8.05. The quantitative estimate of drug-likeness (QED) is 0.748. The third kappa shape index (κ3) is 2.52. The van der Waals surface area contributed by atoms with Crippen molar-refractivity contribution in [2.24, 2.45) is 0 Å². The summed E-state index contributed by atoms with van der Waals surface area (Å²) in [5.41, 5.74) is 0.900. The highest BCUT2D eigenvalue weighted by atomic mass is 79.9. The average Bonchev–Trinajstić information content (AvgIpc) is 2.74. The van der Waals surface area contributed by atoms with Crippen molar-refractivity contribution in [2.75, 3.05) is 6.61 Å². The largest absolute Gasteiger partial charge is 0.376 e. The van der Waals surface area contributed by atoms with E-state index in [0.29, 0.717) is 4.47 Å². The molecule has 1 fully saturated rings. The van der Waals surface area contributed by atoms with Crippen molar-refractivity contribution in [2.45, 2.75) is 24.3 Å². The van der Waals surface area contributed by atoms with Gasteiger partial charge in [0.05, 0.1) is 16.0 Å². The predicted octanol–water partition coefficient (Wildman–Crippen LogP) is 4.05. The van der Waals surface area contributed by atoms with E-state index in [-0.39, 0.29) is 17.3 Å². The van der Waals surface area contributed by atoms with Crippen molar-refractivity contribution >= 4 is 27.5 Å². The van der Waals surface area contributed by atoms with E-state index in [1.165, 1.54) is 6.07 Å². The second-order valence-corrected chi connectivity index (χ2v) is 4.95. The van der Waals surface area contributed by atoms with Gasteiger partial charge in [-0.2, -0.15) is 0 Å². The fourth-order valence-corrected chi connectivity index (χ4v) is 2.46. The van der Waals surface area contributed by atoms with E-state index in [1.54, 1.807) is 12.1 Å². The Morgan fingerprint density at radius 3 is 2.93 bits per heavy atom. The van der Waals surface area contributed by atoms with Crippen LogP contribution in [0, 0.1) is 5.82 Å². The Morgan fingerprint density at radius 2 is 2.33 bits per heavy atom.